The first-order valence-corrected chi connectivity index (χ1v) is 8.99. The molecule has 0 radical (unpaired) electrons. The van der Waals surface area contributed by atoms with E-state index in [2.05, 4.69) is 10.6 Å². The molecule has 0 bridgehead atoms. The van der Waals surface area contributed by atoms with E-state index in [0.717, 1.165) is 6.42 Å². The summed E-state index contributed by atoms with van der Waals surface area (Å²) in [4.78, 5) is 37.8. The molecule has 1 saturated heterocycles. The fourth-order valence-electron chi connectivity index (χ4n) is 2.73. The van der Waals surface area contributed by atoms with Crippen LogP contribution in [0.5, 0.6) is 5.75 Å². The number of hydrogen-bond donors (Lipinski definition) is 2. The van der Waals surface area contributed by atoms with Crippen molar-refractivity contribution in [2.24, 2.45) is 0 Å². The van der Waals surface area contributed by atoms with Crippen molar-refractivity contribution in [1.29, 1.82) is 0 Å². The average molecular weight is 402 g/mol. The molecule has 0 aromatic heterocycles. The Labute approximate surface area is 162 Å². The summed E-state index contributed by atoms with van der Waals surface area (Å²) in [5.41, 5.74) is 0. The van der Waals surface area contributed by atoms with Gasteiger partial charge in [0.2, 0.25) is 11.8 Å². The van der Waals surface area contributed by atoms with E-state index in [1.54, 1.807) is 19.1 Å². The highest BCUT2D eigenvalue weighted by Gasteiger charge is 2.33. The van der Waals surface area contributed by atoms with Crippen LogP contribution in [-0.4, -0.2) is 54.9 Å². The number of rotatable bonds is 6. The number of nitrogens with zero attached hydrogens (tertiary/aromatic N) is 1. The van der Waals surface area contributed by atoms with E-state index in [-0.39, 0.29) is 18.4 Å². The average Bonchev–Trinajstić information content (AvgIpc) is 3.10. The lowest BCUT2D eigenvalue weighted by molar-refractivity contribution is -0.139. The first kappa shape index (κ1) is 20.3. The van der Waals surface area contributed by atoms with Gasteiger partial charge in [0, 0.05) is 18.6 Å². The van der Waals surface area contributed by atoms with Gasteiger partial charge in [-0.3, -0.25) is 14.4 Å². The van der Waals surface area contributed by atoms with Gasteiger partial charge in [0.05, 0.1) is 11.6 Å². The van der Waals surface area contributed by atoms with Gasteiger partial charge in [0.25, 0.3) is 5.91 Å². The largest absolute Gasteiger partial charge is 0.479 e. The molecule has 0 spiro atoms. The van der Waals surface area contributed by atoms with Gasteiger partial charge in [-0.25, -0.2) is 0 Å². The van der Waals surface area contributed by atoms with Crippen LogP contribution < -0.4 is 15.4 Å². The number of nitrogens with one attached hydrogen (secondary N) is 2. The van der Waals surface area contributed by atoms with E-state index in [9.17, 15) is 14.4 Å². The zero-order valence-electron chi connectivity index (χ0n) is 14.6. The van der Waals surface area contributed by atoms with E-state index in [4.69, 9.17) is 27.9 Å². The van der Waals surface area contributed by atoms with Gasteiger partial charge in [-0.15, -0.1) is 0 Å². The predicted molar refractivity (Wildman–Crippen MR) is 98.4 cm³/mol. The molecule has 1 aromatic carbocycles. The third-order valence-electron chi connectivity index (χ3n) is 4.10. The standard InChI is InChI=1S/C17H21Cl2N3O4/c1-10(26-14-6-5-11(18)8-12(14)19)16(24)21-9-15(23)22-7-3-4-13(22)17(25)20-2/h5-6,8,10,13H,3-4,7,9H2,1-2H3,(H,20,25)(H,21,24). The van der Waals surface area contributed by atoms with Gasteiger partial charge >= 0.3 is 0 Å². The number of likely N-dealkylation sites (tertiary alicyclic amines) is 1. The van der Waals surface area contributed by atoms with Gasteiger partial charge in [0.15, 0.2) is 6.10 Å². The van der Waals surface area contributed by atoms with E-state index in [1.165, 1.54) is 18.0 Å². The van der Waals surface area contributed by atoms with Crippen molar-refractivity contribution in [2.45, 2.75) is 31.9 Å². The van der Waals surface area contributed by atoms with E-state index in [0.29, 0.717) is 28.8 Å². The molecule has 0 saturated carbocycles. The molecule has 2 unspecified atom stereocenters. The maximum Gasteiger partial charge on any atom is 0.261 e. The van der Waals surface area contributed by atoms with Crippen molar-refractivity contribution in [3.8, 4) is 5.75 Å². The van der Waals surface area contributed by atoms with Gasteiger partial charge in [-0.05, 0) is 38.0 Å². The molecule has 0 aliphatic carbocycles. The predicted octanol–water partition coefficient (Wildman–Crippen LogP) is 1.61. The maximum absolute atomic E-state index is 12.3. The summed E-state index contributed by atoms with van der Waals surface area (Å²) in [6, 6.07) is 4.20. The summed E-state index contributed by atoms with van der Waals surface area (Å²) < 4.78 is 5.50. The minimum absolute atomic E-state index is 0.198. The SMILES string of the molecule is CNC(=O)C1CCCN1C(=O)CNC(=O)C(C)Oc1ccc(Cl)cc1Cl. The molecule has 1 fully saturated rings. The summed E-state index contributed by atoms with van der Waals surface area (Å²) in [5.74, 6) is -0.637. The summed E-state index contributed by atoms with van der Waals surface area (Å²) in [6.45, 7) is 1.85. The van der Waals surface area contributed by atoms with Crippen LogP contribution in [0.1, 0.15) is 19.8 Å². The van der Waals surface area contributed by atoms with E-state index < -0.39 is 18.1 Å². The number of halogens is 2. The smallest absolute Gasteiger partial charge is 0.261 e. The van der Waals surface area contributed by atoms with E-state index in [1.807, 2.05) is 0 Å². The van der Waals surface area contributed by atoms with Crippen LogP contribution in [0.4, 0.5) is 0 Å². The number of amides is 3. The zero-order valence-corrected chi connectivity index (χ0v) is 16.1. The van der Waals surface area contributed by atoms with Crippen molar-refractivity contribution in [3.63, 3.8) is 0 Å². The lowest BCUT2D eigenvalue weighted by Crippen LogP contribution is -2.49. The molecule has 1 aliphatic heterocycles. The first-order valence-electron chi connectivity index (χ1n) is 8.24. The van der Waals surface area contributed by atoms with Crippen molar-refractivity contribution >= 4 is 40.9 Å². The van der Waals surface area contributed by atoms with Crippen molar-refractivity contribution in [2.75, 3.05) is 20.1 Å². The monoisotopic (exact) mass is 401 g/mol. The molecule has 2 N–H and O–H groups in total. The number of carbonyl (C=O) groups excluding carboxylic acids is 3. The Morgan fingerprint density at radius 1 is 1.35 bits per heavy atom. The molecule has 1 heterocycles. The lowest BCUT2D eigenvalue weighted by Gasteiger charge is -2.24. The van der Waals surface area contributed by atoms with E-state index >= 15 is 0 Å². The fraction of sp³-hybridized carbons (Fsp3) is 0.471. The van der Waals surface area contributed by atoms with Crippen molar-refractivity contribution in [3.05, 3.63) is 28.2 Å². The molecule has 1 aromatic rings. The first-order chi connectivity index (χ1) is 12.3. The second kappa shape index (κ2) is 9.09. The molecule has 7 nitrogen and oxygen atoms in total. The molecule has 2 rings (SSSR count). The summed E-state index contributed by atoms with van der Waals surface area (Å²) in [5, 5.41) is 5.83. The van der Waals surface area contributed by atoms with Crippen LogP contribution in [0, 0.1) is 0 Å². The second-order valence-electron chi connectivity index (χ2n) is 5.91. The van der Waals surface area contributed by atoms with Gasteiger partial charge in [-0.2, -0.15) is 0 Å². The topological polar surface area (TPSA) is 87.7 Å². The maximum atomic E-state index is 12.3. The minimum Gasteiger partial charge on any atom is -0.479 e. The molecular formula is C17H21Cl2N3O4. The normalized spacial score (nSPS) is 17.5. The van der Waals surface area contributed by atoms with Crippen LogP contribution in [0.25, 0.3) is 0 Å². The number of hydrogen-bond acceptors (Lipinski definition) is 4. The Morgan fingerprint density at radius 3 is 2.73 bits per heavy atom. The Kier molecular flexibility index (Phi) is 7.11. The summed E-state index contributed by atoms with van der Waals surface area (Å²) in [6.07, 6.45) is 0.523. The molecule has 2 atom stereocenters. The van der Waals surface area contributed by atoms with Gasteiger partial charge in [-0.1, -0.05) is 23.2 Å². The van der Waals surface area contributed by atoms with Crippen molar-refractivity contribution in [1.82, 2.24) is 15.5 Å². The summed E-state index contributed by atoms with van der Waals surface area (Å²) >= 11 is 11.8. The number of ether oxygens (including phenoxy) is 1. The Balaban J connectivity index is 1.87. The number of carbonyl (C=O) groups is 3. The number of benzene rings is 1. The molecule has 3 amide bonds. The third kappa shape index (κ3) is 5.02. The highest BCUT2D eigenvalue weighted by Crippen LogP contribution is 2.28. The molecule has 9 heteroatoms. The molecule has 142 valence electrons. The highest BCUT2D eigenvalue weighted by molar-refractivity contribution is 6.35. The quantitative estimate of drug-likeness (QED) is 0.757. The fourth-order valence-corrected chi connectivity index (χ4v) is 3.18. The van der Waals surface area contributed by atoms with Crippen molar-refractivity contribution < 1.29 is 19.1 Å². The Bertz CT molecular complexity index is 699. The molecule has 26 heavy (non-hydrogen) atoms. The van der Waals surface area contributed by atoms with Crippen LogP contribution >= 0.6 is 23.2 Å². The molecule has 1 aliphatic rings. The highest BCUT2D eigenvalue weighted by atomic mass is 35.5. The second-order valence-corrected chi connectivity index (χ2v) is 6.76. The van der Waals surface area contributed by atoms with Crippen LogP contribution in [-0.2, 0) is 14.4 Å². The lowest BCUT2D eigenvalue weighted by atomic mass is 10.2. The minimum atomic E-state index is -0.852. The number of likely N-dealkylation sites (N-methyl/N-ethyl adjacent to an activating group) is 1. The Morgan fingerprint density at radius 2 is 2.08 bits per heavy atom. The zero-order chi connectivity index (χ0) is 19.3. The van der Waals surface area contributed by atoms with Crippen LogP contribution in [0.15, 0.2) is 18.2 Å². The molecular weight excluding hydrogens is 381 g/mol. The van der Waals surface area contributed by atoms with Gasteiger partial charge < -0.3 is 20.3 Å². The summed E-state index contributed by atoms with van der Waals surface area (Å²) in [7, 11) is 1.53. The van der Waals surface area contributed by atoms with Gasteiger partial charge in [0.1, 0.15) is 11.8 Å². The van der Waals surface area contributed by atoms with Crippen LogP contribution in [0.2, 0.25) is 10.0 Å². The Hall–Kier alpha value is -1.99. The third-order valence-corrected chi connectivity index (χ3v) is 4.63. The van der Waals surface area contributed by atoms with Crippen LogP contribution in [0.3, 0.4) is 0 Å².